The zero-order chi connectivity index (χ0) is 14.2. The van der Waals surface area contributed by atoms with Gasteiger partial charge in [-0.1, -0.05) is 15.9 Å². The first kappa shape index (κ1) is 14.3. The molecule has 5 nitrogen and oxygen atoms in total. The van der Waals surface area contributed by atoms with Gasteiger partial charge in [-0.05, 0) is 25.1 Å². The molecule has 1 amide bonds. The Kier molecular flexibility index (Phi) is 3.87. The molecule has 1 unspecified atom stereocenters. The molecular formula is C12H15BrN2O3S. The van der Waals surface area contributed by atoms with E-state index >= 15 is 0 Å². The van der Waals surface area contributed by atoms with Crippen LogP contribution < -0.4 is 5.73 Å². The number of amides is 1. The van der Waals surface area contributed by atoms with Crippen LogP contribution in [0.2, 0.25) is 0 Å². The highest BCUT2D eigenvalue weighted by atomic mass is 79.9. The summed E-state index contributed by atoms with van der Waals surface area (Å²) in [7, 11) is -3.02. The number of halogens is 1. The Hall–Kier alpha value is -1.08. The van der Waals surface area contributed by atoms with Crippen LogP contribution >= 0.6 is 15.9 Å². The third kappa shape index (κ3) is 3.27. The third-order valence-corrected chi connectivity index (χ3v) is 5.35. The number of hydrogen-bond donors (Lipinski definition) is 1. The predicted octanol–water partition coefficient (Wildman–Crippen LogP) is 1.29. The average Bonchev–Trinajstić information content (AvgIpc) is 2.25. The summed E-state index contributed by atoms with van der Waals surface area (Å²) in [6, 6.07) is 4.68. The van der Waals surface area contributed by atoms with Gasteiger partial charge in [0, 0.05) is 28.3 Å². The molecule has 2 N–H and O–H groups in total. The van der Waals surface area contributed by atoms with Crippen LogP contribution in [0.1, 0.15) is 17.3 Å². The van der Waals surface area contributed by atoms with Crippen molar-refractivity contribution in [2.75, 3.05) is 23.8 Å². The number of sulfone groups is 1. The molecule has 1 atom stereocenters. The SMILES string of the molecule is CC1CS(=O)(=O)CCN1C(=O)c1cc(N)cc(Br)c1. The normalized spacial score (nSPS) is 22.2. The Balaban J connectivity index is 2.25. The Bertz CT molecular complexity index is 595. The summed E-state index contributed by atoms with van der Waals surface area (Å²) in [5, 5.41) is 0. The van der Waals surface area contributed by atoms with Gasteiger partial charge in [0.15, 0.2) is 9.84 Å². The van der Waals surface area contributed by atoms with Gasteiger partial charge in [-0.15, -0.1) is 0 Å². The van der Waals surface area contributed by atoms with E-state index in [0.29, 0.717) is 11.3 Å². The predicted molar refractivity (Wildman–Crippen MR) is 77.7 cm³/mol. The Labute approximate surface area is 120 Å². The molecule has 0 bridgehead atoms. The van der Waals surface area contributed by atoms with Gasteiger partial charge in [0.05, 0.1) is 11.5 Å². The van der Waals surface area contributed by atoms with E-state index < -0.39 is 9.84 Å². The topological polar surface area (TPSA) is 80.5 Å². The highest BCUT2D eigenvalue weighted by Gasteiger charge is 2.31. The number of rotatable bonds is 1. The lowest BCUT2D eigenvalue weighted by molar-refractivity contribution is 0.0712. The molecule has 0 aromatic heterocycles. The van der Waals surface area contributed by atoms with Crippen LogP contribution in [0, 0.1) is 0 Å². The molecular weight excluding hydrogens is 332 g/mol. The molecule has 1 aliphatic rings. The van der Waals surface area contributed by atoms with Gasteiger partial charge in [-0.2, -0.15) is 0 Å². The smallest absolute Gasteiger partial charge is 0.254 e. The maximum Gasteiger partial charge on any atom is 0.254 e. The molecule has 0 saturated carbocycles. The van der Waals surface area contributed by atoms with Crippen LogP contribution in [0.5, 0.6) is 0 Å². The second-order valence-electron chi connectivity index (χ2n) is 4.74. The maximum absolute atomic E-state index is 12.4. The van der Waals surface area contributed by atoms with Crippen molar-refractivity contribution in [3.05, 3.63) is 28.2 Å². The first-order valence-electron chi connectivity index (χ1n) is 5.86. The number of anilines is 1. The van der Waals surface area contributed by atoms with E-state index in [1.165, 1.54) is 0 Å². The van der Waals surface area contributed by atoms with E-state index in [0.717, 1.165) is 4.47 Å². The van der Waals surface area contributed by atoms with Gasteiger partial charge in [-0.25, -0.2) is 8.42 Å². The molecule has 19 heavy (non-hydrogen) atoms. The fraction of sp³-hybridized carbons (Fsp3) is 0.417. The standard InChI is InChI=1S/C12H15BrN2O3S/c1-8-7-19(17,18)3-2-15(8)12(16)9-4-10(13)6-11(14)5-9/h4-6,8H,2-3,7,14H2,1H3. The largest absolute Gasteiger partial charge is 0.399 e. The third-order valence-electron chi connectivity index (χ3n) is 3.10. The minimum absolute atomic E-state index is 0.0161. The van der Waals surface area contributed by atoms with Gasteiger partial charge in [0.25, 0.3) is 5.91 Å². The minimum Gasteiger partial charge on any atom is -0.399 e. The summed E-state index contributed by atoms with van der Waals surface area (Å²) in [5.41, 5.74) is 6.67. The van der Waals surface area contributed by atoms with Crippen LogP contribution in [0.3, 0.4) is 0 Å². The van der Waals surface area contributed by atoms with Crippen molar-refractivity contribution in [3.63, 3.8) is 0 Å². The molecule has 0 spiro atoms. The second kappa shape index (κ2) is 5.13. The van der Waals surface area contributed by atoms with E-state index in [2.05, 4.69) is 15.9 Å². The van der Waals surface area contributed by atoms with Gasteiger partial charge in [0.1, 0.15) is 0 Å². The van der Waals surface area contributed by atoms with Crippen molar-refractivity contribution < 1.29 is 13.2 Å². The number of nitrogens with two attached hydrogens (primary N) is 1. The molecule has 1 aliphatic heterocycles. The van der Waals surface area contributed by atoms with Gasteiger partial charge in [-0.3, -0.25) is 4.79 Å². The Morgan fingerprint density at radius 3 is 2.68 bits per heavy atom. The number of nitrogens with zero attached hydrogens (tertiary/aromatic N) is 1. The molecule has 104 valence electrons. The highest BCUT2D eigenvalue weighted by molar-refractivity contribution is 9.10. The molecule has 0 aliphatic carbocycles. The fourth-order valence-electron chi connectivity index (χ4n) is 2.20. The van der Waals surface area contributed by atoms with Crippen molar-refractivity contribution in [1.29, 1.82) is 0 Å². The van der Waals surface area contributed by atoms with Crippen LogP contribution in [0.15, 0.2) is 22.7 Å². The van der Waals surface area contributed by atoms with E-state index in [4.69, 9.17) is 5.73 Å². The lowest BCUT2D eigenvalue weighted by Crippen LogP contribution is -2.49. The fourth-order valence-corrected chi connectivity index (χ4v) is 4.27. The molecule has 1 saturated heterocycles. The summed E-state index contributed by atoms with van der Waals surface area (Å²) in [6.07, 6.45) is 0. The number of carbonyl (C=O) groups is 1. The van der Waals surface area contributed by atoms with Crippen molar-refractivity contribution in [2.45, 2.75) is 13.0 Å². The van der Waals surface area contributed by atoms with E-state index in [-0.39, 0.29) is 30.0 Å². The van der Waals surface area contributed by atoms with Crippen molar-refractivity contribution in [3.8, 4) is 0 Å². The van der Waals surface area contributed by atoms with Crippen molar-refractivity contribution in [1.82, 2.24) is 4.90 Å². The zero-order valence-corrected chi connectivity index (χ0v) is 12.9. The number of nitrogen functional groups attached to an aromatic ring is 1. The minimum atomic E-state index is -3.02. The zero-order valence-electron chi connectivity index (χ0n) is 10.5. The lowest BCUT2D eigenvalue weighted by atomic mass is 10.1. The number of carbonyl (C=O) groups excluding carboxylic acids is 1. The quantitative estimate of drug-likeness (QED) is 0.777. The van der Waals surface area contributed by atoms with Gasteiger partial charge >= 0.3 is 0 Å². The first-order valence-corrected chi connectivity index (χ1v) is 8.47. The Morgan fingerprint density at radius 1 is 1.42 bits per heavy atom. The van der Waals surface area contributed by atoms with Crippen LogP contribution in [0.4, 0.5) is 5.69 Å². The number of hydrogen-bond acceptors (Lipinski definition) is 4. The maximum atomic E-state index is 12.4. The van der Waals surface area contributed by atoms with Crippen LogP contribution in [0.25, 0.3) is 0 Å². The summed E-state index contributed by atoms with van der Waals surface area (Å²) in [6.45, 7) is 1.98. The van der Waals surface area contributed by atoms with E-state index in [1.54, 1.807) is 30.0 Å². The summed E-state index contributed by atoms with van der Waals surface area (Å²) in [5.74, 6) is -0.148. The average molecular weight is 347 g/mol. The molecule has 2 rings (SSSR count). The lowest BCUT2D eigenvalue weighted by Gasteiger charge is -2.33. The molecule has 7 heteroatoms. The van der Waals surface area contributed by atoms with Crippen LogP contribution in [-0.4, -0.2) is 43.3 Å². The highest BCUT2D eigenvalue weighted by Crippen LogP contribution is 2.21. The summed E-state index contributed by atoms with van der Waals surface area (Å²) < 4.78 is 23.7. The van der Waals surface area contributed by atoms with Gasteiger partial charge in [0.2, 0.25) is 0 Å². The van der Waals surface area contributed by atoms with Crippen LogP contribution in [-0.2, 0) is 9.84 Å². The summed E-state index contributed by atoms with van der Waals surface area (Å²) >= 11 is 3.29. The first-order chi connectivity index (χ1) is 8.78. The molecule has 1 fully saturated rings. The molecule has 0 radical (unpaired) electrons. The monoisotopic (exact) mass is 346 g/mol. The van der Waals surface area contributed by atoms with E-state index in [9.17, 15) is 13.2 Å². The Morgan fingerprint density at radius 2 is 2.11 bits per heavy atom. The molecule has 1 aromatic rings. The van der Waals surface area contributed by atoms with E-state index in [1.807, 2.05) is 0 Å². The van der Waals surface area contributed by atoms with Crippen molar-refractivity contribution in [2.24, 2.45) is 0 Å². The summed E-state index contributed by atoms with van der Waals surface area (Å²) in [4.78, 5) is 14.0. The van der Waals surface area contributed by atoms with Gasteiger partial charge < -0.3 is 10.6 Å². The number of benzene rings is 1. The molecule has 1 heterocycles. The van der Waals surface area contributed by atoms with Crippen molar-refractivity contribution >= 4 is 37.4 Å². The second-order valence-corrected chi connectivity index (χ2v) is 7.88. The molecule has 1 aromatic carbocycles.